The number of nitrogens with one attached hydrogen (secondary N) is 2. The molecular formula is C22H19N3O3. The van der Waals surface area contributed by atoms with Crippen LogP contribution in [-0.4, -0.2) is 10.9 Å². The number of carbonyl (C=O) groups is 1. The number of aromatic nitrogens is 1. The highest BCUT2D eigenvalue weighted by Gasteiger charge is 2.10. The quantitative estimate of drug-likeness (QED) is 0.656. The van der Waals surface area contributed by atoms with Gasteiger partial charge in [0.2, 0.25) is 0 Å². The standard InChI is InChI=1S/C22H19N3O3/c1-14-11-15(2)25-22(27)20(14)13-24-21(26)16-5-4-6-19(12-16)28-18-9-7-17(23-3)8-10-18/h4-12H,13H2,1-2H3,(H,24,26)(H,25,27). The van der Waals surface area contributed by atoms with Gasteiger partial charge in [-0.1, -0.05) is 18.2 Å². The molecule has 0 fully saturated rings. The van der Waals surface area contributed by atoms with Crippen LogP contribution in [0.25, 0.3) is 4.85 Å². The smallest absolute Gasteiger partial charge is 0.253 e. The fourth-order valence-electron chi connectivity index (χ4n) is 2.80. The van der Waals surface area contributed by atoms with E-state index in [0.717, 1.165) is 11.3 Å². The number of pyridine rings is 1. The first-order chi connectivity index (χ1) is 13.5. The first-order valence-corrected chi connectivity index (χ1v) is 8.69. The average Bonchev–Trinajstić information content (AvgIpc) is 2.68. The second kappa shape index (κ2) is 8.23. The summed E-state index contributed by atoms with van der Waals surface area (Å²) in [6, 6.07) is 15.4. The fourth-order valence-corrected chi connectivity index (χ4v) is 2.80. The number of amides is 1. The van der Waals surface area contributed by atoms with Gasteiger partial charge in [-0.2, -0.15) is 0 Å². The van der Waals surface area contributed by atoms with E-state index in [1.807, 2.05) is 19.9 Å². The van der Waals surface area contributed by atoms with E-state index in [1.54, 1.807) is 48.5 Å². The number of hydrogen-bond acceptors (Lipinski definition) is 3. The Balaban J connectivity index is 1.70. The lowest BCUT2D eigenvalue weighted by atomic mass is 10.1. The van der Waals surface area contributed by atoms with Crippen molar-refractivity contribution in [1.29, 1.82) is 0 Å². The molecule has 28 heavy (non-hydrogen) atoms. The van der Waals surface area contributed by atoms with Crippen LogP contribution in [0.4, 0.5) is 5.69 Å². The molecular weight excluding hydrogens is 354 g/mol. The van der Waals surface area contributed by atoms with Gasteiger partial charge in [0.25, 0.3) is 11.5 Å². The maximum absolute atomic E-state index is 12.5. The number of aryl methyl sites for hydroxylation is 2. The van der Waals surface area contributed by atoms with Crippen molar-refractivity contribution in [2.75, 3.05) is 0 Å². The van der Waals surface area contributed by atoms with Gasteiger partial charge in [-0.3, -0.25) is 9.59 Å². The van der Waals surface area contributed by atoms with E-state index in [0.29, 0.717) is 28.3 Å². The molecule has 0 unspecified atom stereocenters. The van der Waals surface area contributed by atoms with Crippen molar-refractivity contribution in [1.82, 2.24) is 10.3 Å². The van der Waals surface area contributed by atoms with Crippen molar-refractivity contribution in [2.24, 2.45) is 0 Å². The van der Waals surface area contributed by atoms with Gasteiger partial charge < -0.3 is 15.0 Å². The Morgan fingerprint density at radius 3 is 2.54 bits per heavy atom. The highest BCUT2D eigenvalue weighted by atomic mass is 16.5. The van der Waals surface area contributed by atoms with Gasteiger partial charge in [0.05, 0.1) is 6.57 Å². The van der Waals surface area contributed by atoms with Crippen LogP contribution in [-0.2, 0) is 6.54 Å². The number of nitrogens with zero attached hydrogens (tertiary/aromatic N) is 1. The molecule has 0 bridgehead atoms. The largest absolute Gasteiger partial charge is 0.457 e. The van der Waals surface area contributed by atoms with E-state index in [9.17, 15) is 9.59 Å². The van der Waals surface area contributed by atoms with Gasteiger partial charge in [0, 0.05) is 23.4 Å². The van der Waals surface area contributed by atoms with Crippen LogP contribution in [0, 0.1) is 20.4 Å². The Labute approximate surface area is 162 Å². The van der Waals surface area contributed by atoms with E-state index in [4.69, 9.17) is 11.3 Å². The molecule has 1 heterocycles. The number of benzene rings is 2. The minimum absolute atomic E-state index is 0.142. The van der Waals surface area contributed by atoms with E-state index in [1.165, 1.54) is 0 Å². The predicted octanol–water partition coefficient (Wildman–Crippen LogP) is 4.26. The van der Waals surface area contributed by atoms with Crippen LogP contribution in [0.15, 0.2) is 59.4 Å². The molecule has 1 amide bonds. The second-order valence-corrected chi connectivity index (χ2v) is 6.36. The Bertz CT molecular complexity index is 1110. The first kappa shape index (κ1) is 18.9. The molecule has 0 aliphatic heterocycles. The third-order valence-electron chi connectivity index (χ3n) is 4.22. The highest BCUT2D eigenvalue weighted by Crippen LogP contribution is 2.24. The van der Waals surface area contributed by atoms with Crippen LogP contribution < -0.4 is 15.6 Å². The number of rotatable bonds is 5. The maximum Gasteiger partial charge on any atom is 0.253 e. The van der Waals surface area contributed by atoms with Gasteiger partial charge in [-0.25, -0.2) is 4.85 Å². The summed E-state index contributed by atoms with van der Waals surface area (Å²) in [5, 5.41) is 2.77. The molecule has 0 spiro atoms. The zero-order valence-corrected chi connectivity index (χ0v) is 15.6. The van der Waals surface area contributed by atoms with Crippen molar-refractivity contribution in [2.45, 2.75) is 20.4 Å². The zero-order chi connectivity index (χ0) is 20.1. The maximum atomic E-state index is 12.5. The second-order valence-electron chi connectivity index (χ2n) is 6.36. The lowest BCUT2D eigenvalue weighted by Gasteiger charge is -2.10. The fraction of sp³-hybridized carbons (Fsp3) is 0.136. The third-order valence-corrected chi connectivity index (χ3v) is 4.22. The SMILES string of the molecule is [C-]#[N+]c1ccc(Oc2cccc(C(=O)NCc3c(C)cc(C)[nH]c3=O)c2)cc1. The van der Waals surface area contributed by atoms with Crippen LogP contribution in [0.3, 0.4) is 0 Å². The molecule has 0 atom stereocenters. The molecule has 3 aromatic rings. The molecule has 0 radical (unpaired) electrons. The van der Waals surface area contributed by atoms with Gasteiger partial charge in [0.1, 0.15) is 11.5 Å². The molecule has 1 aromatic heterocycles. The van der Waals surface area contributed by atoms with Crippen LogP contribution in [0.5, 0.6) is 11.5 Å². The van der Waals surface area contributed by atoms with E-state index in [-0.39, 0.29) is 18.0 Å². The summed E-state index contributed by atoms with van der Waals surface area (Å²) in [7, 11) is 0. The monoisotopic (exact) mass is 373 g/mol. The van der Waals surface area contributed by atoms with E-state index < -0.39 is 0 Å². The Kier molecular flexibility index (Phi) is 5.56. The average molecular weight is 373 g/mol. The van der Waals surface area contributed by atoms with Crippen LogP contribution in [0.2, 0.25) is 0 Å². The Morgan fingerprint density at radius 1 is 1.11 bits per heavy atom. The number of ether oxygens (including phenoxy) is 1. The van der Waals surface area contributed by atoms with Gasteiger partial charge in [-0.05, 0) is 55.8 Å². The lowest BCUT2D eigenvalue weighted by Crippen LogP contribution is -2.27. The normalized spacial score (nSPS) is 10.2. The van der Waals surface area contributed by atoms with Crippen molar-refractivity contribution in [3.05, 3.63) is 98.8 Å². The summed E-state index contributed by atoms with van der Waals surface area (Å²) in [6.45, 7) is 10.8. The molecule has 0 saturated carbocycles. The molecule has 0 aliphatic rings. The number of carbonyl (C=O) groups excluding carboxylic acids is 1. The molecule has 6 nitrogen and oxygen atoms in total. The minimum Gasteiger partial charge on any atom is -0.457 e. The van der Waals surface area contributed by atoms with E-state index in [2.05, 4.69) is 15.1 Å². The summed E-state index contributed by atoms with van der Waals surface area (Å²) < 4.78 is 5.74. The molecule has 2 N–H and O–H groups in total. The Hall–Kier alpha value is -3.85. The van der Waals surface area contributed by atoms with Gasteiger partial charge in [0.15, 0.2) is 5.69 Å². The van der Waals surface area contributed by atoms with Crippen LogP contribution in [0.1, 0.15) is 27.2 Å². The summed E-state index contributed by atoms with van der Waals surface area (Å²) in [6.07, 6.45) is 0. The molecule has 6 heteroatoms. The summed E-state index contributed by atoms with van der Waals surface area (Å²) in [5.74, 6) is 0.785. The number of hydrogen-bond donors (Lipinski definition) is 2. The Morgan fingerprint density at radius 2 is 1.86 bits per heavy atom. The van der Waals surface area contributed by atoms with Gasteiger partial charge in [-0.15, -0.1) is 0 Å². The number of H-pyrrole nitrogens is 1. The topological polar surface area (TPSA) is 75.5 Å². The highest BCUT2D eigenvalue weighted by molar-refractivity contribution is 5.94. The summed E-state index contributed by atoms with van der Waals surface area (Å²) in [5.41, 5.74) is 2.91. The van der Waals surface area contributed by atoms with Crippen molar-refractivity contribution in [3.8, 4) is 11.5 Å². The van der Waals surface area contributed by atoms with Crippen molar-refractivity contribution < 1.29 is 9.53 Å². The summed E-state index contributed by atoms with van der Waals surface area (Å²) in [4.78, 5) is 30.6. The van der Waals surface area contributed by atoms with Crippen molar-refractivity contribution >= 4 is 11.6 Å². The summed E-state index contributed by atoms with van der Waals surface area (Å²) >= 11 is 0. The van der Waals surface area contributed by atoms with E-state index >= 15 is 0 Å². The third kappa shape index (κ3) is 4.46. The first-order valence-electron chi connectivity index (χ1n) is 8.69. The molecule has 3 rings (SSSR count). The van der Waals surface area contributed by atoms with Gasteiger partial charge >= 0.3 is 0 Å². The molecule has 2 aromatic carbocycles. The minimum atomic E-state index is -0.298. The molecule has 0 aliphatic carbocycles. The zero-order valence-electron chi connectivity index (χ0n) is 15.6. The molecule has 0 saturated heterocycles. The lowest BCUT2D eigenvalue weighted by molar-refractivity contribution is 0.0950. The predicted molar refractivity (Wildman–Crippen MR) is 107 cm³/mol. The van der Waals surface area contributed by atoms with Crippen molar-refractivity contribution in [3.63, 3.8) is 0 Å². The van der Waals surface area contributed by atoms with Crippen LogP contribution >= 0.6 is 0 Å². The number of aromatic amines is 1. The molecule has 140 valence electrons.